The van der Waals surface area contributed by atoms with Gasteiger partial charge in [0.2, 0.25) is 11.8 Å². The lowest BCUT2D eigenvalue weighted by Crippen LogP contribution is -2.65. The number of amides is 2. The second kappa shape index (κ2) is 7.32. The van der Waals surface area contributed by atoms with Gasteiger partial charge in [-0.2, -0.15) is 0 Å². The fourth-order valence-corrected chi connectivity index (χ4v) is 3.84. The first-order chi connectivity index (χ1) is 12.5. The molecule has 0 saturated carbocycles. The van der Waals surface area contributed by atoms with E-state index in [1.165, 1.54) is 0 Å². The Morgan fingerprint density at radius 2 is 2.00 bits per heavy atom. The van der Waals surface area contributed by atoms with Gasteiger partial charge >= 0.3 is 0 Å². The van der Waals surface area contributed by atoms with E-state index in [0.717, 1.165) is 24.0 Å². The molecule has 2 heterocycles. The van der Waals surface area contributed by atoms with Crippen LogP contribution < -0.4 is 4.74 Å². The van der Waals surface area contributed by atoms with Crippen molar-refractivity contribution in [2.24, 2.45) is 0 Å². The van der Waals surface area contributed by atoms with E-state index in [-0.39, 0.29) is 18.4 Å². The second-order valence-electron chi connectivity index (χ2n) is 6.96. The molecule has 1 atom stereocenters. The Kier molecular flexibility index (Phi) is 5.11. The smallest absolute Gasteiger partial charge is 0.249 e. The summed E-state index contributed by atoms with van der Waals surface area (Å²) in [6, 6.07) is 7.50. The highest BCUT2D eigenvalue weighted by Crippen LogP contribution is 2.38. The van der Waals surface area contributed by atoms with E-state index in [1.807, 2.05) is 24.3 Å². The summed E-state index contributed by atoms with van der Waals surface area (Å²) >= 11 is 0. The largest absolute Gasteiger partial charge is 0.497 e. The molecule has 0 bridgehead atoms. The molecule has 2 aliphatic heterocycles. The monoisotopic (exact) mass is 356 g/mol. The van der Waals surface area contributed by atoms with Crippen molar-refractivity contribution in [3.8, 4) is 5.75 Å². The Hall–Kier alpha value is -2.63. The van der Waals surface area contributed by atoms with Gasteiger partial charge in [-0.1, -0.05) is 18.2 Å². The summed E-state index contributed by atoms with van der Waals surface area (Å²) in [4.78, 5) is 40.2. The van der Waals surface area contributed by atoms with Crippen LogP contribution in [-0.2, 0) is 20.9 Å². The number of carbonyl (C=O) groups excluding carboxylic acids is 3. The molecule has 6 heteroatoms. The number of rotatable bonds is 6. The van der Waals surface area contributed by atoms with Gasteiger partial charge in [0.25, 0.3) is 0 Å². The Bertz CT molecular complexity index is 741. The van der Waals surface area contributed by atoms with E-state index in [4.69, 9.17) is 4.74 Å². The summed E-state index contributed by atoms with van der Waals surface area (Å²) in [6.07, 6.45) is 4.38. The van der Waals surface area contributed by atoms with E-state index < -0.39 is 5.54 Å². The zero-order valence-electron chi connectivity index (χ0n) is 15.2. The molecule has 0 aliphatic carbocycles. The predicted molar refractivity (Wildman–Crippen MR) is 96.5 cm³/mol. The third-order valence-electron chi connectivity index (χ3n) is 5.28. The molecule has 2 aliphatic rings. The molecule has 0 spiro atoms. The number of fused-ring (bicyclic) bond motifs is 1. The highest BCUT2D eigenvalue weighted by molar-refractivity contribution is 5.98. The minimum Gasteiger partial charge on any atom is -0.497 e. The molecule has 0 radical (unpaired) electrons. The Morgan fingerprint density at radius 3 is 2.65 bits per heavy atom. The van der Waals surface area contributed by atoms with Crippen LogP contribution in [0, 0.1) is 0 Å². The number of allylic oxidation sites excluding steroid dienone is 1. The van der Waals surface area contributed by atoms with Gasteiger partial charge in [0.1, 0.15) is 24.1 Å². The number of ether oxygens (including phenoxy) is 1. The van der Waals surface area contributed by atoms with Crippen LogP contribution >= 0.6 is 0 Å². The van der Waals surface area contributed by atoms with Crippen molar-refractivity contribution < 1.29 is 19.1 Å². The van der Waals surface area contributed by atoms with Gasteiger partial charge in [-0.15, -0.1) is 0 Å². The molecular formula is C20H24N2O4. The normalized spacial score (nSPS) is 23.2. The molecular weight excluding hydrogens is 332 g/mol. The molecule has 6 nitrogen and oxygen atoms in total. The maximum absolute atomic E-state index is 13.3. The summed E-state index contributed by atoms with van der Waals surface area (Å²) in [7, 11) is 1.61. The van der Waals surface area contributed by atoms with Crippen molar-refractivity contribution in [3.63, 3.8) is 0 Å². The molecule has 0 aromatic heterocycles. The van der Waals surface area contributed by atoms with Gasteiger partial charge in [-0.25, -0.2) is 0 Å². The lowest BCUT2D eigenvalue weighted by atomic mass is 9.87. The summed E-state index contributed by atoms with van der Waals surface area (Å²) in [5.41, 5.74) is 0.693. The number of nitrogens with zero attached hydrogens (tertiary/aromatic N) is 2. The maximum atomic E-state index is 13.3. The summed E-state index contributed by atoms with van der Waals surface area (Å²) in [5, 5.41) is 0. The molecule has 1 aromatic rings. The first kappa shape index (κ1) is 18.2. The van der Waals surface area contributed by atoms with E-state index >= 15 is 0 Å². The number of aldehydes is 1. The van der Waals surface area contributed by atoms with Crippen molar-refractivity contribution in [2.45, 2.75) is 38.3 Å². The number of benzene rings is 1. The lowest BCUT2D eigenvalue weighted by molar-refractivity contribution is -0.162. The lowest BCUT2D eigenvalue weighted by Gasteiger charge is -2.45. The second-order valence-corrected chi connectivity index (χ2v) is 6.96. The molecule has 2 saturated heterocycles. The van der Waals surface area contributed by atoms with E-state index in [1.54, 1.807) is 29.9 Å². The van der Waals surface area contributed by atoms with Crippen LogP contribution in [0.5, 0.6) is 5.75 Å². The van der Waals surface area contributed by atoms with Crippen molar-refractivity contribution in [1.29, 1.82) is 0 Å². The number of methoxy groups -OCH3 is 1. The fourth-order valence-electron chi connectivity index (χ4n) is 3.84. The molecule has 2 amide bonds. The van der Waals surface area contributed by atoms with Crippen molar-refractivity contribution in [2.75, 3.05) is 20.2 Å². The predicted octanol–water partition coefficient (Wildman–Crippen LogP) is 1.93. The first-order valence-corrected chi connectivity index (χ1v) is 8.85. The highest BCUT2D eigenvalue weighted by atomic mass is 16.5. The van der Waals surface area contributed by atoms with Crippen LogP contribution in [-0.4, -0.2) is 53.6 Å². The van der Waals surface area contributed by atoms with Crippen molar-refractivity contribution in [1.82, 2.24) is 9.80 Å². The maximum Gasteiger partial charge on any atom is 0.249 e. The molecule has 26 heavy (non-hydrogen) atoms. The Labute approximate surface area is 153 Å². The molecule has 138 valence electrons. The number of piperazine rings is 1. The summed E-state index contributed by atoms with van der Waals surface area (Å²) in [5.74, 6) is 0.704. The average molecular weight is 356 g/mol. The number of carbonyl (C=O) groups is 3. The van der Waals surface area contributed by atoms with Crippen LogP contribution in [0.4, 0.5) is 0 Å². The molecule has 0 unspecified atom stereocenters. The van der Waals surface area contributed by atoms with E-state index in [2.05, 4.69) is 0 Å². The van der Waals surface area contributed by atoms with Gasteiger partial charge in [0.05, 0.1) is 7.11 Å². The van der Waals surface area contributed by atoms with Crippen molar-refractivity contribution >= 4 is 18.1 Å². The third-order valence-corrected chi connectivity index (χ3v) is 5.28. The molecule has 3 rings (SSSR count). The first-order valence-electron chi connectivity index (χ1n) is 8.85. The Morgan fingerprint density at radius 1 is 1.27 bits per heavy atom. The minimum atomic E-state index is -0.841. The van der Waals surface area contributed by atoms with Crippen LogP contribution in [0.1, 0.15) is 31.7 Å². The molecule has 0 N–H and O–H groups in total. The number of hydrogen-bond donors (Lipinski definition) is 0. The van der Waals surface area contributed by atoms with Gasteiger partial charge < -0.3 is 14.5 Å². The van der Waals surface area contributed by atoms with Gasteiger partial charge in [-0.05, 0) is 49.5 Å². The summed E-state index contributed by atoms with van der Waals surface area (Å²) in [6.45, 7) is 2.81. The van der Waals surface area contributed by atoms with Crippen LogP contribution in [0.15, 0.2) is 35.9 Å². The minimum absolute atomic E-state index is 0.0206. The van der Waals surface area contributed by atoms with Crippen molar-refractivity contribution in [3.05, 3.63) is 41.5 Å². The SMILES string of the molecule is COc1ccc(CN2CC(=O)N3CCC[C@@]3(C/C=C(\C)C=O)C2=O)cc1. The highest BCUT2D eigenvalue weighted by Gasteiger charge is 2.54. The molecule has 1 aromatic carbocycles. The van der Waals surface area contributed by atoms with Gasteiger partial charge in [-0.3, -0.25) is 14.4 Å². The summed E-state index contributed by atoms with van der Waals surface area (Å²) < 4.78 is 5.16. The Balaban J connectivity index is 1.84. The standard InChI is InChI=1S/C20H24N2O4/c1-15(14-23)8-10-20-9-3-11-22(20)18(24)13-21(19(20)25)12-16-4-6-17(26-2)7-5-16/h4-8,14H,3,9-13H2,1-2H3/b15-8+/t20-/m1/s1. The van der Waals surface area contributed by atoms with Crippen LogP contribution in [0.25, 0.3) is 0 Å². The van der Waals surface area contributed by atoms with Crippen LogP contribution in [0.3, 0.4) is 0 Å². The van der Waals surface area contributed by atoms with Gasteiger partial charge in [0.15, 0.2) is 0 Å². The van der Waals surface area contributed by atoms with Crippen LogP contribution in [0.2, 0.25) is 0 Å². The van der Waals surface area contributed by atoms with Gasteiger partial charge in [0, 0.05) is 13.1 Å². The topological polar surface area (TPSA) is 66.9 Å². The number of hydrogen-bond acceptors (Lipinski definition) is 4. The fraction of sp³-hybridized carbons (Fsp3) is 0.450. The average Bonchev–Trinajstić information content (AvgIpc) is 3.10. The zero-order chi connectivity index (χ0) is 18.7. The van der Waals surface area contributed by atoms with E-state index in [9.17, 15) is 14.4 Å². The van der Waals surface area contributed by atoms with E-state index in [0.29, 0.717) is 31.5 Å². The quantitative estimate of drug-likeness (QED) is 0.577. The third kappa shape index (κ3) is 3.23. The zero-order valence-corrected chi connectivity index (χ0v) is 15.2. The molecule has 2 fully saturated rings.